The molecule has 1 fully saturated rings. The van der Waals surface area contributed by atoms with Crippen LogP contribution in [0.25, 0.3) is 0 Å². The van der Waals surface area contributed by atoms with Crippen LogP contribution in [0.3, 0.4) is 0 Å². The van der Waals surface area contributed by atoms with Gasteiger partial charge in [0.2, 0.25) is 10.0 Å². The molecule has 1 aromatic rings. The van der Waals surface area contributed by atoms with E-state index in [2.05, 4.69) is 5.32 Å². The molecule has 0 atom stereocenters. The Balaban J connectivity index is 2.00. The molecular weight excluding hydrogens is 282 g/mol. The van der Waals surface area contributed by atoms with Crippen LogP contribution in [0.4, 0.5) is 5.69 Å². The molecule has 3 rings (SSSR count). The Hall–Kier alpha value is -1.51. The number of nitrogens with zero attached hydrogens (tertiary/aromatic N) is 1. The molecule has 2 aliphatic heterocycles. The third-order valence-corrected chi connectivity index (χ3v) is 5.32. The summed E-state index contributed by atoms with van der Waals surface area (Å²) in [6, 6.07) is 2.98. The summed E-state index contributed by atoms with van der Waals surface area (Å²) in [6.07, 6.45) is 0. The molecule has 0 aliphatic carbocycles. The second-order valence-corrected chi connectivity index (χ2v) is 6.59. The number of ether oxygens (including phenoxy) is 2. The van der Waals surface area contributed by atoms with Crippen molar-refractivity contribution in [1.82, 2.24) is 9.62 Å². The number of piperazine rings is 1. The number of anilines is 1. The first-order chi connectivity index (χ1) is 9.59. The predicted molar refractivity (Wildman–Crippen MR) is 73.5 cm³/mol. The van der Waals surface area contributed by atoms with Crippen molar-refractivity contribution in [3.63, 3.8) is 0 Å². The molecule has 1 saturated heterocycles. The maximum absolute atomic E-state index is 12.6. The zero-order valence-corrected chi connectivity index (χ0v) is 11.8. The van der Waals surface area contributed by atoms with Gasteiger partial charge in [-0.15, -0.1) is 0 Å². The highest BCUT2D eigenvalue weighted by atomic mass is 32.2. The van der Waals surface area contributed by atoms with Crippen LogP contribution in [-0.4, -0.2) is 52.1 Å². The topological polar surface area (TPSA) is 93.9 Å². The standard InChI is InChI=1S/C12H17N3O4S/c13-9-7-10-11(19-6-5-18-10)8-12(9)20(16,17)15-3-1-14-2-4-15/h7-8,14H,1-6,13H2. The molecule has 0 spiro atoms. The Morgan fingerprint density at radius 2 is 1.70 bits per heavy atom. The molecule has 20 heavy (non-hydrogen) atoms. The Kier molecular flexibility index (Phi) is 3.45. The van der Waals surface area contributed by atoms with E-state index in [1.54, 1.807) is 0 Å². The molecule has 0 bridgehead atoms. The van der Waals surface area contributed by atoms with Crippen molar-refractivity contribution >= 4 is 15.7 Å². The van der Waals surface area contributed by atoms with Crippen LogP contribution in [0.1, 0.15) is 0 Å². The lowest BCUT2D eigenvalue weighted by Crippen LogP contribution is -2.46. The Morgan fingerprint density at radius 3 is 2.35 bits per heavy atom. The fraction of sp³-hybridized carbons (Fsp3) is 0.500. The molecule has 0 amide bonds. The van der Waals surface area contributed by atoms with Crippen LogP contribution in [0.5, 0.6) is 11.5 Å². The number of rotatable bonds is 2. The second-order valence-electron chi connectivity index (χ2n) is 4.69. The number of nitrogen functional groups attached to an aromatic ring is 1. The van der Waals surface area contributed by atoms with Gasteiger partial charge < -0.3 is 20.5 Å². The summed E-state index contributed by atoms with van der Waals surface area (Å²) < 4.78 is 37.5. The van der Waals surface area contributed by atoms with Crippen LogP contribution in [-0.2, 0) is 10.0 Å². The predicted octanol–water partition coefficient (Wildman–Crippen LogP) is -0.366. The maximum Gasteiger partial charge on any atom is 0.245 e. The van der Waals surface area contributed by atoms with E-state index in [1.807, 2.05) is 0 Å². The van der Waals surface area contributed by atoms with Gasteiger partial charge in [0.15, 0.2) is 11.5 Å². The molecular formula is C12H17N3O4S. The van der Waals surface area contributed by atoms with Gasteiger partial charge in [-0.3, -0.25) is 0 Å². The van der Waals surface area contributed by atoms with Crippen molar-refractivity contribution in [2.75, 3.05) is 45.1 Å². The van der Waals surface area contributed by atoms with Crippen LogP contribution >= 0.6 is 0 Å². The Morgan fingerprint density at radius 1 is 1.10 bits per heavy atom. The number of fused-ring (bicyclic) bond motifs is 1. The third kappa shape index (κ3) is 2.30. The summed E-state index contributed by atoms with van der Waals surface area (Å²) in [7, 11) is -3.59. The van der Waals surface area contributed by atoms with Gasteiger partial charge >= 0.3 is 0 Å². The first-order valence-corrected chi connectivity index (χ1v) is 7.93. The summed E-state index contributed by atoms with van der Waals surface area (Å²) in [5.41, 5.74) is 6.07. The fourth-order valence-corrected chi connectivity index (χ4v) is 3.89. The molecule has 0 radical (unpaired) electrons. The fourth-order valence-electron chi connectivity index (χ4n) is 2.33. The highest BCUT2D eigenvalue weighted by molar-refractivity contribution is 7.89. The van der Waals surface area contributed by atoms with E-state index in [9.17, 15) is 8.42 Å². The van der Waals surface area contributed by atoms with Crippen LogP contribution < -0.4 is 20.5 Å². The van der Waals surface area contributed by atoms with Crippen molar-refractivity contribution < 1.29 is 17.9 Å². The van der Waals surface area contributed by atoms with Crippen molar-refractivity contribution in [3.8, 4) is 11.5 Å². The van der Waals surface area contributed by atoms with Gasteiger partial charge in [-0.1, -0.05) is 0 Å². The first kappa shape index (κ1) is 13.5. The first-order valence-electron chi connectivity index (χ1n) is 6.49. The summed E-state index contributed by atoms with van der Waals surface area (Å²) in [6.45, 7) is 3.01. The van der Waals surface area contributed by atoms with Gasteiger partial charge in [0, 0.05) is 38.3 Å². The molecule has 2 aliphatic rings. The average Bonchev–Trinajstić information content (AvgIpc) is 2.47. The van der Waals surface area contributed by atoms with Crippen molar-refractivity contribution in [2.45, 2.75) is 4.90 Å². The van der Waals surface area contributed by atoms with Crippen molar-refractivity contribution in [3.05, 3.63) is 12.1 Å². The van der Waals surface area contributed by atoms with E-state index in [1.165, 1.54) is 16.4 Å². The largest absolute Gasteiger partial charge is 0.486 e. The normalized spacial score (nSPS) is 19.8. The van der Waals surface area contributed by atoms with Gasteiger partial charge in [0.25, 0.3) is 0 Å². The van der Waals surface area contributed by atoms with E-state index in [0.29, 0.717) is 50.9 Å². The Labute approximate surface area is 117 Å². The minimum atomic E-state index is -3.59. The number of nitrogens with two attached hydrogens (primary N) is 1. The average molecular weight is 299 g/mol. The summed E-state index contributed by atoms with van der Waals surface area (Å²) in [5.74, 6) is 0.923. The number of sulfonamides is 1. The number of benzene rings is 1. The molecule has 0 unspecified atom stereocenters. The number of hydrogen-bond acceptors (Lipinski definition) is 6. The maximum atomic E-state index is 12.6. The van der Waals surface area contributed by atoms with Crippen molar-refractivity contribution in [2.24, 2.45) is 0 Å². The zero-order chi connectivity index (χ0) is 14.2. The summed E-state index contributed by atoms with van der Waals surface area (Å²) in [5, 5.41) is 3.12. The van der Waals surface area contributed by atoms with Gasteiger partial charge in [-0.2, -0.15) is 4.31 Å². The van der Waals surface area contributed by atoms with Crippen LogP contribution in [0, 0.1) is 0 Å². The quantitative estimate of drug-likeness (QED) is 0.724. The minimum absolute atomic E-state index is 0.0867. The third-order valence-electron chi connectivity index (χ3n) is 3.37. The van der Waals surface area contributed by atoms with E-state index >= 15 is 0 Å². The van der Waals surface area contributed by atoms with E-state index in [4.69, 9.17) is 15.2 Å². The molecule has 8 heteroatoms. The van der Waals surface area contributed by atoms with Gasteiger partial charge in [-0.25, -0.2) is 8.42 Å². The van der Waals surface area contributed by atoms with Crippen LogP contribution in [0.15, 0.2) is 17.0 Å². The highest BCUT2D eigenvalue weighted by Gasteiger charge is 2.29. The lowest BCUT2D eigenvalue weighted by atomic mass is 10.2. The monoisotopic (exact) mass is 299 g/mol. The molecule has 0 aromatic heterocycles. The highest BCUT2D eigenvalue weighted by Crippen LogP contribution is 2.37. The van der Waals surface area contributed by atoms with Crippen molar-refractivity contribution in [1.29, 1.82) is 0 Å². The van der Waals surface area contributed by atoms with Crippen LogP contribution in [0.2, 0.25) is 0 Å². The number of nitrogens with one attached hydrogen (secondary N) is 1. The molecule has 110 valence electrons. The molecule has 3 N–H and O–H groups in total. The number of hydrogen-bond donors (Lipinski definition) is 2. The van der Waals surface area contributed by atoms with E-state index in [-0.39, 0.29) is 10.6 Å². The Bertz CT molecular complexity index is 611. The second kappa shape index (κ2) is 5.12. The summed E-state index contributed by atoms with van der Waals surface area (Å²) in [4.78, 5) is 0.0867. The molecule has 1 aromatic carbocycles. The zero-order valence-electron chi connectivity index (χ0n) is 11.0. The minimum Gasteiger partial charge on any atom is -0.486 e. The smallest absolute Gasteiger partial charge is 0.245 e. The lowest BCUT2D eigenvalue weighted by molar-refractivity contribution is 0.171. The molecule has 0 saturated carbocycles. The van der Waals surface area contributed by atoms with Gasteiger partial charge in [-0.05, 0) is 0 Å². The molecule has 2 heterocycles. The van der Waals surface area contributed by atoms with Gasteiger partial charge in [0.05, 0.1) is 5.69 Å². The van der Waals surface area contributed by atoms with E-state index in [0.717, 1.165) is 0 Å². The summed E-state index contributed by atoms with van der Waals surface area (Å²) >= 11 is 0. The molecule has 7 nitrogen and oxygen atoms in total. The SMILES string of the molecule is Nc1cc2c(cc1S(=O)(=O)N1CCNCC1)OCCO2. The lowest BCUT2D eigenvalue weighted by Gasteiger charge is -2.28. The van der Waals surface area contributed by atoms with Gasteiger partial charge in [0.1, 0.15) is 18.1 Å². The van der Waals surface area contributed by atoms with E-state index < -0.39 is 10.0 Å².